The molecule has 5 nitrogen and oxygen atoms in total. The number of carbonyl (C=O) groups excluding carboxylic acids is 1. The normalized spacial score (nSPS) is 10.7. The Hall–Kier alpha value is -2.34. The van der Waals surface area contributed by atoms with Crippen LogP contribution in [0, 0.1) is 0 Å². The second kappa shape index (κ2) is 8.33. The van der Waals surface area contributed by atoms with E-state index >= 15 is 0 Å². The number of halogens is 1. The topological polar surface area (TPSA) is 70.9 Å². The van der Waals surface area contributed by atoms with Crippen molar-refractivity contribution < 1.29 is 14.6 Å². The number of amides is 1. The molecule has 0 aliphatic carbocycles. The Labute approximate surface area is 143 Å². The standard InChI is InChI=1S/C17H17BrN2O3/c1-2-9-23-15-6-3-12(4-7-15)17(22)20-19-11-13-10-14(18)5-8-16(13)21/h3-8,10-11,21H,2,9H2,1H3,(H,20,22)/b19-11-. The van der Waals surface area contributed by atoms with Crippen LogP contribution in [-0.4, -0.2) is 23.8 Å². The van der Waals surface area contributed by atoms with Crippen LogP contribution in [0.4, 0.5) is 0 Å². The van der Waals surface area contributed by atoms with E-state index in [0.717, 1.165) is 16.6 Å². The minimum absolute atomic E-state index is 0.0867. The van der Waals surface area contributed by atoms with Gasteiger partial charge in [-0.05, 0) is 48.9 Å². The number of benzene rings is 2. The van der Waals surface area contributed by atoms with Gasteiger partial charge in [-0.25, -0.2) is 5.43 Å². The first kappa shape index (κ1) is 17.0. The summed E-state index contributed by atoms with van der Waals surface area (Å²) in [5, 5.41) is 13.5. The molecule has 0 unspecified atom stereocenters. The van der Waals surface area contributed by atoms with Crippen molar-refractivity contribution in [3.05, 3.63) is 58.1 Å². The number of aromatic hydroxyl groups is 1. The van der Waals surface area contributed by atoms with Gasteiger partial charge in [0.15, 0.2) is 0 Å². The van der Waals surface area contributed by atoms with Gasteiger partial charge in [-0.2, -0.15) is 5.10 Å². The summed E-state index contributed by atoms with van der Waals surface area (Å²) in [6.45, 7) is 2.68. The Bertz CT molecular complexity index is 699. The van der Waals surface area contributed by atoms with Crippen LogP contribution in [0.15, 0.2) is 52.0 Å². The van der Waals surface area contributed by atoms with Gasteiger partial charge in [0, 0.05) is 15.6 Å². The van der Waals surface area contributed by atoms with Crippen molar-refractivity contribution in [2.45, 2.75) is 13.3 Å². The minimum Gasteiger partial charge on any atom is -0.507 e. The number of hydrogen-bond acceptors (Lipinski definition) is 4. The first-order valence-electron chi connectivity index (χ1n) is 7.15. The molecule has 0 aliphatic heterocycles. The summed E-state index contributed by atoms with van der Waals surface area (Å²) < 4.78 is 6.27. The fraction of sp³-hybridized carbons (Fsp3) is 0.176. The lowest BCUT2D eigenvalue weighted by Crippen LogP contribution is -2.17. The maximum absolute atomic E-state index is 12.0. The first-order chi connectivity index (χ1) is 11.1. The predicted octanol–water partition coefficient (Wildman–Crippen LogP) is 3.71. The average Bonchev–Trinajstić information content (AvgIpc) is 2.56. The second-order valence-electron chi connectivity index (χ2n) is 4.78. The van der Waals surface area contributed by atoms with Crippen LogP contribution in [0.1, 0.15) is 29.3 Å². The van der Waals surface area contributed by atoms with Gasteiger partial charge in [0.25, 0.3) is 5.91 Å². The summed E-state index contributed by atoms with van der Waals surface area (Å²) in [5.74, 6) is 0.479. The van der Waals surface area contributed by atoms with Crippen molar-refractivity contribution in [1.29, 1.82) is 0 Å². The highest BCUT2D eigenvalue weighted by Crippen LogP contribution is 2.20. The third-order valence-electron chi connectivity index (χ3n) is 2.95. The van der Waals surface area contributed by atoms with Crippen molar-refractivity contribution in [3.8, 4) is 11.5 Å². The van der Waals surface area contributed by atoms with Crippen LogP contribution in [0.3, 0.4) is 0 Å². The summed E-state index contributed by atoms with van der Waals surface area (Å²) in [7, 11) is 0. The molecule has 120 valence electrons. The number of rotatable bonds is 6. The number of phenols is 1. The third-order valence-corrected chi connectivity index (χ3v) is 3.44. The van der Waals surface area contributed by atoms with E-state index in [2.05, 4.69) is 26.5 Å². The van der Waals surface area contributed by atoms with Gasteiger partial charge in [0.1, 0.15) is 11.5 Å². The quantitative estimate of drug-likeness (QED) is 0.596. The van der Waals surface area contributed by atoms with E-state index in [4.69, 9.17) is 4.74 Å². The number of ether oxygens (including phenoxy) is 1. The summed E-state index contributed by atoms with van der Waals surface area (Å²) in [6.07, 6.45) is 2.32. The molecule has 2 aromatic rings. The molecule has 23 heavy (non-hydrogen) atoms. The van der Waals surface area contributed by atoms with E-state index in [1.807, 2.05) is 6.92 Å². The molecule has 2 rings (SSSR count). The zero-order valence-corrected chi connectivity index (χ0v) is 14.2. The molecule has 0 fully saturated rings. The summed E-state index contributed by atoms with van der Waals surface area (Å²) in [4.78, 5) is 12.0. The maximum Gasteiger partial charge on any atom is 0.271 e. The molecule has 0 heterocycles. The number of hydrazone groups is 1. The first-order valence-corrected chi connectivity index (χ1v) is 7.94. The highest BCUT2D eigenvalue weighted by molar-refractivity contribution is 9.10. The van der Waals surface area contributed by atoms with Gasteiger partial charge in [-0.15, -0.1) is 0 Å². The van der Waals surface area contributed by atoms with Gasteiger partial charge in [-0.3, -0.25) is 4.79 Å². The van der Waals surface area contributed by atoms with Crippen molar-refractivity contribution in [2.24, 2.45) is 5.10 Å². The SMILES string of the molecule is CCCOc1ccc(C(=O)N/N=C\c2cc(Br)ccc2O)cc1. The molecule has 2 N–H and O–H groups in total. The van der Waals surface area contributed by atoms with Gasteiger partial charge >= 0.3 is 0 Å². The molecule has 0 saturated heterocycles. The Morgan fingerprint density at radius 2 is 2.04 bits per heavy atom. The van der Waals surface area contributed by atoms with E-state index in [9.17, 15) is 9.90 Å². The predicted molar refractivity (Wildman–Crippen MR) is 93.1 cm³/mol. The highest BCUT2D eigenvalue weighted by atomic mass is 79.9. The van der Waals surface area contributed by atoms with Crippen molar-refractivity contribution in [3.63, 3.8) is 0 Å². The largest absolute Gasteiger partial charge is 0.507 e. The van der Waals surface area contributed by atoms with Gasteiger partial charge in [0.2, 0.25) is 0 Å². The van der Waals surface area contributed by atoms with Gasteiger partial charge in [0.05, 0.1) is 12.8 Å². The van der Waals surface area contributed by atoms with E-state index in [-0.39, 0.29) is 11.7 Å². The van der Waals surface area contributed by atoms with Crippen LogP contribution in [0.25, 0.3) is 0 Å². The Morgan fingerprint density at radius 1 is 1.30 bits per heavy atom. The zero-order chi connectivity index (χ0) is 16.7. The van der Waals surface area contributed by atoms with E-state index in [0.29, 0.717) is 17.7 Å². The molecule has 2 aromatic carbocycles. The Morgan fingerprint density at radius 3 is 2.74 bits per heavy atom. The number of phenolic OH excluding ortho intramolecular Hbond substituents is 1. The molecule has 0 atom stereocenters. The average molecular weight is 377 g/mol. The summed E-state index contributed by atoms with van der Waals surface area (Å²) in [6, 6.07) is 11.8. The number of nitrogens with zero attached hydrogens (tertiary/aromatic N) is 1. The monoisotopic (exact) mass is 376 g/mol. The molecular formula is C17H17BrN2O3. The molecule has 0 saturated carbocycles. The molecule has 0 spiro atoms. The zero-order valence-electron chi connectivity index (χ0n) is 12.6. The van der Waals surface area contributed by atoms with Crippen molar-refractivity contribution >= 4 is 28.1 Å². The lowest BCUT2D eigenvalue weighted by molar-refractivity contribution is 0.0955. The minimum atomic E-state index is -0.335. The number of hydrogen-bond donors (Lipinski definition) is 2. The van der Waals surface area contributed by atoms with Crippen LogP contribution >= 0.6 is 15.9 Å². The lowest BCUT2D eigenvalue weighted by Gasteiger charge is -2.05. The van der Waals surface area contributed by atoms with Crippen molar-refractivity contribution in [2.75, 3.05) is 6.61 Å². The van der Waals surface area contributed by atoms with Gasteiger partial charge in [-0.1, -0.05) is 22.9 Å². The molecule has 0 radical (unpaired) electrons. The van der Waals surface area contributed by atoms with Crippen LogP contribution in [0.2, 0.25) is 0 Å². The smallest absolute Gasteiger partial charge is 0.271 e. The highest BCUT2D eigenvalue weighted by Gasteiger charge is 2.05. The summed E-state index contributed by atoms with van der Waals surface area (Å²) >= 11 is 3.31. The summed E-state index contributed by atoms with van der Waals surface area (Å²) in [5.41, 5.74) is 3.40. The fourth-order valence-electron chi connectivity index (χ4n) is 1.78. The molecule has 6 heteroatoms. The molecule has 0 aromatic heterocycles. The van der Waals surface area contributed by atoms with Gasteiger partial charge < -0.3 is 9.84 Å². The second-order valence-corrected chi connectivity index (χ2v) is 5.69. The van der Waals surface area contributed by atoms with E-state index < -0.39 is 0 Å². The molecule has 1 amide bonds. The molecule has 0 bridgehead atoms. The molecule has 0 aliphatic rings. The van der Waals surface area contributed by atoms with E-state index in [1.54, 1.807) is 42.5 Å². The fourth-order valence-corrected chi connectivity index (χ4v) is 2.16. The third kappa shape index (κ3) is 5.10. The van der Waals surface area contributed by atoms with Crippen LogP contribution in [-0.2, 0) is 0 Å². The van der Waals surface area contributed by atoms with E-state index in [1.165, 1.54) is 6.21 Å². The number of carbonyl (C=O) groups is 1. The maximum atomic E-state index is 12.0. The molecular weight excluding hydrogens is 360 g/mol. The Balaban J connectivity index is 1.96. The van der Waals surface area contributed by atoms with Crippen molar-refractivity contribution in [1.82, 2.24) is 5.43 Å². The lowest BCUT2D eigenvalue weighted by atomic mass is 10.2. The van der Waals surface area contributed by atoms with Crippen LogP contribution in [0.5, 0.6) is 11.5 Å². The van der Waals surface area contributed by atoms with Crippen LogP contribution < -0.4 is 10.2 Å². The Kier molecular flexibility index (Phi) is 6.17. The number of nitrogens with one attached hydrogen (secondary N) is 1.